The molecule has 7 heteroatoms. The summed E-state index contributed by atoms with van der Waals surface area (Å²) >= 11 is 0. The van der Waals surface area contributed by atoms with Crippen molar-refractivity contribution in [2.24, 2.45) is 0 Å². The number of fused-ring (bicyclic) bond motifs is 1. The molecule has 0 aliphatic carbocycles. The molecule has 29 heavy (non-hydrogen) atoms. The number of ketones is 1. The van der Waals surface area contributed by atoms with Gasteiger partial charge in [0.1, 0.15) is 0 Å². The van der Waals surface area contributed by atoms with Gasteiger partial charge in [-0.15, -0.1) is 0 Å². The zero-order valence-corrected chi connectivity index (χ0v) is 17.2. The lowest BCUT2D eigenvalue weighted by atomic mass is 10.1. The number of benzene rings is 1. The fraction of sp³-hybridized carbons (Fsp3) is 0.455. The number of hydrogen-bond donors (Lipinski definition) is 0. The van der Waals surface area contributed by atoms with Crippen LogP contribution in [0.1, 0.15) is 34.2 Å². The van der Waals surface area contributed by atoms with E-state index in [0.717, 1.165) is 47.1 Å². The van der Waals surface area contributed by atoms with E-state index in [1.807, 2.05) is 43.0 Å². The molecule has 1 fully saturated rings. The van der Waals surface area contributed by atoms with Crippen LogP contribution in [0.4, 0.5) is 0 Å². The highest BCUT2D eigenvalue weighted by Gasteiger charge is 2.23. The van der Waals surface area contributed by atoms with Crippen LogP contribution in [0, 0.1) is 13.8 Å². The van der Waals surface area contributed by atoms with Gasteiger partial charge < -0.3 is 18.9 Å². The Bertz CT molecular complexity index is 942. The molecular formula is C22H27N3O4. The van der Waals surface area contributed by atoms with Gasteiger partial charge in [-0.2, -0.15) is 0 Å². The molecule has 1 amide bonds. The number of carbonyl (C=O) groups excluding carboxylic acids is 2. The summed E-state index contributed by atoms with van der Waals surface area (Å²) in [6.07, 6.45) is 0. The normalized spacial score (nSPS) is 16.3. The molecule has 2 aliphatic rings. The van der Waals surface area contributed by atoms with Gasteiger partial charge in [-0.3, -0.25) is 14.5 Å². The number of rotatable bonds is 5. The van der Waals surface area contributed by atoms with Crippen LogP contribution in [0.15, 0.2) is 24.3 Å². The molecule has 1 saturated heterocycles. The van der Waals surface area contributed by atoms with Crippen molar-refractivity contribution in [3.8, 4) is 11.5 Å². The van der Waals surface area contributed by atoms with Crippen LogP contribution >= 0.6 is 0 Å². The molecule has 3 heterocycles. The van der Waals surface area contributed by atoms with Crippen molar-refractivity contribution in [2.45, 2.75) is 27.3 Å². The summed E-state index contributed by atoms with van der Waals surface area (Å²) < 4.78 is 13.0. The first kappa shape index (κ1) is 19.5. The largest absolute Gasteiger partial charge is 0.454 e. The summed E-state index contributed by atoms with van der Waals surface area (Å²) in [5.74, 6) is 1.77. The minimum absolute atomic E-state index is 0.100. The molecule has 0 saturated carbocycles. The second kappa shape index (κ2) is 7.91. The number of hydrogen-bond acceptors (Lipinski definition) is 5. The highest BCUT2D eigenvalue weighted by atomic mass is 16.7. The maximum absolute atomic E-state index is 12.9. The van der Waals surface area contributed by atoms with Crippen LogP contribution < -0.4 is 9.47 Å². The van der Waals surface area contributed by atoms with Gasteiger partial charge in [-0.05, 0) is 37.6 Å². The quantitative estimate of drug-likeness (QED) is 0.724. The average Bonchev–Trinajstić information content (AvgIpc) is 3.27. The number of aryl methyl sites for hydroxylation is 1. The molecule has 2 aliphatic heterocycles. The van der Waals surface area contributed by atoms with E-state index in [-0.39, 0.29) is 18.5 Å². The van der Waals surface area contributed by atoms with Gasteiger partial charge >= 0.3 is 0 Å². The number of ether oxygens (including phenoxy) is 2. The lowest BCUT2D eigenvalue weighted by Crippen LogP contribution is -2.49. The van der Waals surface area contributed by atoms with Gasteiger partial charge in [0.2, 0.25) is 12.7 Å². The smallest absolute Gasteiger partial charge is 0.231 e. The van der Waals surface area contributed by atoms with Gasteiger partial charge in [0.25, 0.3) is 0 Å². The molecule has 0 radical (unpaired) electrons. The first-order valence-corrected chi connectivity index (χ1v) is 9.98. The van der Waals surface area contributed by atoms with Crippen molar-refractivity contribution in [1.82, 2.24) is 14.4 Å². The lowest BCUT2D eigenvalue weighted by molar-refractivity contribution is -0.130. The Morgan fingerprint density at radius 2 is 1.72 bits per heavy atom. The molecular weight excluding hydrogens is 370 g/mol. The van der Waals surface area contributed by atoms with Crippen molar-refractivity contribution in [1.29, 1.82) is 0 Å². The zero-order chi connectivity index (χ0) is 20.5. The molecule has 154 valence electrons. The SMILES string of the molecule is CC(=O)N1CCN(CC(=O)c2cc(C)n(Cc3ccc4c(c3)OCO4)c2C)CC1. The van der Waals surface area contributed by atoms with E-state index in [0.29, 0.717) is 26.2 Å². The fourth-order valence-electron chi connectivity index (χ4n) is 4.06. The minimum atomic E-state index is 0.100. The van der Waals surface area contributed by atoms with Crippen molar-refractivity contribution in [3.05, 3.63) is 46.8 Å². The molecule has 0 N–H and O–H groups in total. The van der Waals surface area contributed by atoms with Gasteiger partial charge in [0.05, 0.1) is 6.54 Å². The Morgan fingerprint density at radius 3 is 2.45 bits per heavy atom. The molecule has 0 spiro atoms. The number of aromatic nitrogens is 1. The molecule has 0 bridgehead atoms. The predicted molar refractivity (Wildman–Crippen MR) is 109 cm³/mol. The van der Waals surface area contributed by atoms with E-state index < -0.39 is 0 Å². The third-order valence-electron chi connectivity index (χ3n) is 5.84. The van der Waals surface area contributed by atoms with E-state index in [2.05, 4.69) is 9.47 Å². The van der Waals surface area contributed by atoms with E-state index in [1.165, 1.54) is 0 Å². The Hall–Kier alpha value is -2.80. The standard InChI is InChI=1S/C22H27N3O4/c1-15-10-19(20(27)13-23-6-8-24(9-7-23)17(3)26)16(2)25(15)12-18-4-5-21-22(11-18)29-14-28-21/h4-5,10-11H,6-9,12-14H2,1-3H3. The van der Waals surface area contributed by atoms with Crippen LogP contribution in [0.3, 0.4) is 0 Å². The van der Waals surface area contributed by atoms with Crippen LogP contribution in [-0.2, 0) is 11.3 Å². The van der Waals surface area contributed by atoms with Gasteiger partial charge in [-0.25, -0.2) is 0 Å². The lowest BCUT2D eigenvalue weighted by Gasteiger charge is -2.33. The van der Waals surface area contributed by atoms with E-state index in [1.54, 1.807) is 6.92 Å². The molecule has 7 nitrogen and oxygen atoms in total. The van der Waals surface area contributed by atoms with Gasteiger partial charge in [0, 0.05) is 56.6 Å². The third kappa shape index (κ3) is 4.00. The molecule has 1 aromatic carbocycles. The topological polar surface area (TPSA) is 64.0 Å². The summed E-state index contributed by atoms with van der Waals surface area (Å²) in [6.45, 7) is 9.80. The minimum Gasteiger partial charge on any atom is -0.454 e. The zero-order valence-electron chi connectivity index (χ0n) is 17.2. The highest BCUT2D eigenvalue weighted by molar-refractivity contribution is 5.99. The van der Waals surface area contributed by atoms with Crippen LogP contribution in [0.5, 0.6) is 11.5 Å². The molecule has 1 aromatic heterocycles. The number of amides is 1. The maximum atomic E-state index is 12.9. The summed E-state index contributed by atoms with van der Waals surface area (Å²) in [5.41, 5.74) is 3.92. The number of carbonyl (C=O) groups is 2. The average molecular weight is 397 g/mol. The summed E-state index contributed by atoms with van der Waals surface area (Å²) in [4.78, 5) is 28.4. The summed E-state index contributed by atoms with van der Waals surface area (Å²) in [7, 11) is 0. The predicted octanol–water partition coefficient (Wildman–Crippen LogP) is 2.23. The van der Waals surface area contributed by atoms with Gasteiger partial charge in [-0.1, -0.05) is 6.07 Å². The second-order valence-electron chi connectivity index (χ2n) is 7.76. The number of nitrogens with zero attached hydrogens (tertiary/aromatic N) is 3. The summed E-state index contributed by atoms with van der Waals surface area (Å²) in [6, 6.07) is 7.94. The third-order valence-corrected chi connectivity index (χ3v) is 5.84. The first-order valence-electron chi connectivity index (χ1n) is 9.98. The van der Waals surface area contributed by atoms with E-state index in [4.69, 9.17) is 9.47 Å². The molecule has 0 unspecified atom stereocenters. The van der Waals surface area contributed by atoms with Crippen molar-refractivity contribution < 1.29 is 19.1 Å². The van der Waals surface area contributed by atoms with Crippen molar-refractivity contribution in [3.63, 3.8) is 0 Å². The van der Waals surface area contributed by atoms with E-state index >= 15 is 0 Å². The van der Waals surface area contributed by atoms with Crippen molar-refractivity contribution >= 4 is 11.7 Å². The molecule has 2 aromatic rings. The Balaban J connectivity index is 1.44. The van der Waals surface area contributed by atoms with Crippen LogP contribution in [0.25, 0.3) is 0 Å². The number of piperazine rings is 1. The van der Waals surface area contributed by atoms with Crippen LogP contribution in [-0.4, -0.2) is 65.6 Å². The van der Waals surface area contributed by atoms with Crippen LogP contribution in [0.2, 0.25) is 0 Å². The first-order chi connectivity index (χ1) is 13.9. The Morgan fingerprint density at radius 1 is 1.00 bits per heavy atom. The Labute approximate surface area is 170 Å². The van der Waals surface area contributed by atoms with Crippen molar-refractivity contribution in [2.75, 3.05) is 39.5 Å². The van der Waals surface area contributed by atoms with E-state index in [9.17, 15) is 9.59 Å². The molecule has 4 rings (SSSR count). The maximum Gasteiger partial charge on any atom is 0.231 e. The van der Waals surface area contributed by atoms with Gasteiger partial charge in [0.15, 0.2) is 17.3 Å². The molecule has 0 atom stereocenters. The summed E-state index contributed by atoms with van der Waals surface area (Å²) in [5, 5.41) is 0. The highest BCUT2D eigenvalue weighted by Crippen LogP contribution is 2.33. The number of Topliss-reactive ketones (excluding diaryl/α,β-unsaturated/α-hetero) is 1. The fourth-order valence-corrected chi connectivity index (χ4v) is 4.06. The Kier molecular flexibility index (Phi) is 5.32. The monoisotopic (exact) mass is 397 g/mol. The second-order valence-corrected chi connectivity index (χ2v) is 7.76.